The van der Waals surface area contributed by atoms with Crippen LogP contribution in [0.5, 0.6) is 0 Å². The predicted molar refractivity (Wildman–Crippen MR) is 45.6 cm³/mol. The highest BCUT2D eigenvalue weighted by molar-refractivity contribution is 6.31. The third kappa shape index (κ3) is 2.16. The Hall–Kier alpha value is -1.81. The second-order valence-corrected chi connectivity index (χ2v) is 2.80. The number of nitriles is 1. The number of hydrogen-bond donors (Lipinski definition) is 0. The van der Waals surface area contributed by atoms with Gasteiger partial charge in [0, 0.05) is 0 Å². The smallest absolute Gasteiger partial charge is 0.358 e. The van der Waals surface area contributed by atoms with Crippen LogP contribution in [0.3, 0.4) is 0 Å². The van der Waals surface area contributed by atoms with Crippen LogP contribution in [0.4, 0.5) is 14.6 Å². The molecule has 15 heavy (non-hydrogen) atoms. The number of rotatable bonds is 2. The van der Waals surface area contributed by atoms with Gasteiger partial charge in [-0.1, -0.05) is 11.6 Å². The molecule has 0 bridgehead atoms. The van der Waals surface area contributed by atoms with Crippen molar-refractivity contribution >= 4 is 17.4 Å². The summed E-state index contributed by atoms with van der Waals surface area (Å²) in [5.74, 6) is -0.735. The van der Waals surface area contributed by atoms with Crippen molar-refractivity contribution in [1.29, 1.82) is 5.26 Å². The molecule has 78 valence electrons. The number of alkyl halides is 2. The lowest BCUT2D eigenvalue weighted by molar-refractivity contribution is -0.389. The molecule has 0 aromatic carbocycles. The van der Waals surface area contributed by atoms with Crippen LogP contribution in [0.2, 0.25) is 5.02 Å². The zero-order valence-electron chi connectivity index (χ0n) is 6.95. The molecule has 8 heteroatoms. The highest BCUT2D eigenvalue weighted by Crippen LogP contribution is 2.31. The Labute approximate surface area is 87.1 Å². The van der Waals surface area contributed by atoms with Crippen LogP contribution in [0.15, 0.2) is 6.07 Å². The van der Waals surface area contributed by atoms with E-state index in [9.17, 15) is 18.9 Å². The first-order valence-electron chi connectivity index (χ1n) is 3.50. The van der Waals surface area contributed by atoms with E-state index >= 15 is 0 Å². The summed E-state index contributed by atoms with van der Waals surface area (Å²) in [7, 11) is 0. The van der Waals surface area contributed by atoms with Gasteiger partial charge < -0.3 is 10.1 Å². The van der Waals surface area contributed by atoms with E-state index in [-0.39, 0.29) is 0 Å². The lowest BCUT2D eigenvalue weighted by atomic mass is 10.2. The van der Waals surface area contributed by atoms with Gasteiger partial charge in [0.2, 0.25) is 0 Å². The molecule has 0 N–H and O–H groups in total. The van der Waals surface area contributed by atoms with Crippen molar-refractivity contribution < 1.29 is 13.7 Å². The van der Waals surface area contributed by atoms with Gasteiger partial charge in [0.15, 0.2) is 0 Å². The normalized spacial score (nSPS) is 10.1. The maximum atomic E-state index is 12.4. The second-order valence-electron chi connectivity index (χ2n) is 2.39. The summed E-state index contributed by atoms with van der Waals surface area (Å²) in [6, 6.07) is 2.02. The molecule has 0 spiro atoms. The molecule has 1 aromatic heterocycles. The van der Waals surface area contributed by atoms with Gasteiger partial charge in [0.05, 0.1) is 16.7 Å². The summed E-state index contributed by atoms with van der Waals surface area (Å²) >= 11 is 5.38. The van der Waals surface area contributed by atoms with Crippen LogP contribution in [-0.4, -0.2) is 9.91 Å². The van der Waals surface area contributed by atoms with Crippen LogP contribution < -0.4 is 0 Å². The minimum Gasteiger partial charge on any atom is -0.358 e. The molecular weight excluding hydrogens is 232 g/mol. The number of hydrogen-bond acceptors (Lipinski definition) is 4. The lowest BCUT2D eigenvalue weighted by Gasteiger charge is -2.01. The summed E-state index contributed by atoms with van der Waals surface area (Å²) in [4.78, 5) is 12.5. The Balaban J connectivity index is 3.46. The van der Waals surface area contributed by atoms with Crippen LogP contribution in [0.1, 0.15) is 17.7 Å². The first-order valence-corrected chi connectivity index (χ1v) is 3.88. The summed E-state index contributed by atoms with van der Waals surface area (Å²) in [5, 5.41) is 18.2. The number of halogens is 3. The number of nitrogens with zero attached hydrogens (tertiary/aromatic N) is 3. The van der Waals surface area contributed by atoms with Crippen molar-refractivity contribution in [2.24, 2.45) is 0 Å². The van der Waals surface area contributed by atoms with E-state index in [0.717, 1.165) is 0 Å². The summed E-state index contributed by atoms with van der Waals surface area (Å²) in [5.41, 5.74) is -1.52. The van der Waals surface area contributed by atoms with Crippen LogP contribution in [0, 0.1) is 21.4 Å². The van der Waals surface area contributed by atoms with E-state index in [2.05, 4.69) is 4.98 Å². The van der Waals surface area contributed by atoms with Crippen molar-refractivity contribution in [3.63, 3.8) is 0 Å². The Bertz CT molecular complexity index is 458. The van der Waals surface area contributed by atoms with Gasteiger partial charge in [-0.3, -0.25) is 0 Å². The minimum atomic E-state index is -3.00. The van der Waals surface area contributed by atoms with E-state index < -0.39 is 33.4 Å². The van der Waals surface area contributed by atoms with E-state index in [4.69, 9.17) is 16.9 Å². The molecule has 0 radical (unpaired) electrons. The van der Waals surface area contributed by atoms with Crippen LogP contribution in [0.25, 0.3) is 0 Å². The molecule has 0 aliphatic carbocycles. The Morgan fingerprint density at radius 1 is 1.67 bits per heavy atom. The highest BCUT2D eigenvalue weighted by atomic mass is 35.5. The minimum absolute atomic E-state index is 0.539. The third-order valence-electron chi connectivity index (χ3n) is 1.51. The molecular formula is C7H2ClF2N3O2. The van der Waals surface area contributed by atoms with Crippen molar-refractivity contribution in [3.05, 3.63) is 32.5 Å². The van der Waals surface area contributed by atoms with Gasteiger partial charge in [-0.25, -0.2) is 8.78 Å². The molecule has 0 aliphatic rings. The zero-order chi connectivity index (χ0) is 11.6. The largest absolute Gasteiger partial charge is 0.366 e. The average Bonchev–Trinajstić information content (AvgIpc) is 2.15. The van der Waals surface area contributed by atoms with Crippen LogP contribution >= 0.6 is 11.6 Å². The standard InChI is InChI=1S/C7H2ClF2N3O2/c8-3-1-5(13(14)15)12-4(2-11)6(3)7(9)10/h1,7H. The number of pyridine rings is 1. The molecule has 0 atom stereocenters. The first-order chi connectivity index (χ1) is 6.97. The van der Waals surface area contributed by atoms with Gasteiger partial charge >= 0.3 is 5.82 Å². The van der Waals surface area contributed by atoms with E-state index in [1.54, 1.807) is 0 Å². The van der Waals surface area contributed by atoms with Crippen molar-refractivity contribution in [2.75, 3.05) is 0 Å². The lowest BCUT2D eigenvalue weighted by Crippen LogP contribution is -2.00. The third-order valence-corrected chi connectivity index (χ3v) is 1.82. The SMILES string of the molecule is N#Cc1nc([N+](=O)[O-])cc(Cl)c1C(F)F. The van der Waals surface area contributed by atoms with Crippen molar-refractivity contribution in [1.82, 2.24) is 4.98 Å². The monoisotopic (exact) mass is 233 g/mol. The molecule has 0 saturated heterocycles. The maximum Gasteiger partial charge on any atom is 0.366 e. The fraction of sp³-hybridized carbons (Fsp3) is 0.143. The molecule has 1 heterocycles. The Kier molecular flexibility index (Phi) is 3.11. The molecule has 1 rings (SSSR count). The van der Waals surface area contributed by atoms with Gasteiger partial charge in [-0.05, 0) is 9.91 Å². The molecule has 0 saturated carbocycles. The maximum absolute atomic E-state index is 12.4. The summed E-state index contributed by atoms with van der Waals surface area (Å²) in [6.07, 6.45) is -3.00. The van der Waals surface area contributed by atoms with Crippen LogP contribution in [-0.2, 0) is 0 Å². The van der Waals surface area contributed by atoms with Gasteiger partial charge in [-0.2, -0.15) is 5.26 Å². The van der Waals surface area contributed by atoms with E-state index in [0.29, 0.717) is 6.07 Å². The molecule has 5 nitrogen and oxygen atoms in total. The van der Waals surface area contributed by atoms with E-state index in [1.165, 1.54) is 6.07 Å². The first kappa shape index (κ1) is 11.3. The Morgan fingerprint density at radius 3 is 2.67 bits per heavy atom. The molecule has 0 aliphatic heterocycles. The molecule has 1 aromatic rings. The fourth-order valence-electron chi connectivity index (χ4n) is 0.898. The summed E-state index contributed by atoms with van der Waals surface area (Å²) < 4.78 is 24.7. The van der Waals surface area contributed by atoms with Crippen molar-refractivity contribution in [2.45, 2.75) is 6.43 Å². The highest BCUT2D eigenvalue weighted by Gasteiger charge is 2.25. The quantitative estimate of drug-likeness (QED) is 0.580. The topological polar surface area (TPSA) is 79.8 Å². The molecule has 0 amide bonds. The predicted octanol–water partition coefficient (Wildman–Crippen LogP) is 2.45. The summed E-state index contributed by atoms with van der Waals surface area (Å²) in [6.45, 7) is 0. The Morgan fingerprint density at radius 2 is 2.27 bits per heavy atom. The van der Waals surface area contributed by atoms with Crippen molar-refractivity contribution in [3.8, 4) is 6.07 Å². The van der Waals surface area contributed by atoms with Gasteiger partial charge in [0.1, 0.15) is 6.07 Å². The zero-order valence-corrected chi connectivity index (χ0v) is 7.70. The number of nitro groups is 1. The second kappa shape index (κ2) is 4.14. The van der Waals surface area contributed by atoms with E-state index in [1.807, 2.05) is 0 Å². The van der Waals surface area contributed by atoms with Gasteiger partial charge in [-0.15, -0.1) is 0 Å². The molecule has 0 unspecified atom stereocenters. The average molecular weight is 234 g/mol. The number of aromatic nitrogens is 1. The molecule has 0 fully saturated rings. The van der Waals surface area contributed by atoms with Gasteiger partial charge in [0.25, 0.3) is 12.1 Å². The fourth-order valence-corrected chi connectivity index (χ4v) is 1.17.